The van der Waals surface area contributed by atoms with Gasteiger partial charge in [-0.2, -0.15) is 0 Å². The Morgan fingerprint density at radius 1 is 1.16 bits per heavy atom. The van der Waals surface area contributed by atoms with E-state index in [1.807, 2.05) is 0 Å². The minimum atomic E-state index is 0.295. The highest BCUT2D eigenvalue weighted by Crippen LogP contribution is 2.37. The number of hydrogen-bond donors (Lipinski definition) is 2. The molecule has 1 aliphatic carbocycles. The molecule has 1 unspecified atom stereocenters. The topological polar surface area (TPSA) is 52.0 Å². The summed E-state index contributed by atoms with van der Waals surface area (Å²) < 4.78 is 1.00. The Labute approximate surface area is 118 Å². The van der Waals surface area contributed by atoms with Gasteiger partial charge < -0.3 is 16.0 Å². The van der Waals surface area contributed by atoms with Crippen LogP contribution in [0.25, 0.3) is 0 Å². The summed E-state index contributed by atoms with van der Waals surface area (Å²) in [5, 5.41) is 0. The van der Waals surface area contributed by atoms with Crippen molar-refractivity contribution in [2.24, 2.45) is 16.9 Å². The molecule has 0 amide bonds. The molecule has 110 valence electrons. The van der Waals surface area contributed by atoms with Crippen LogP contribution < -0.4 is 11.5 Å². The molecule has 3 heteroatoms. The third-order valence-electron chi connectivity index (χ3n) is 3.76. The molecule has 1 atom stereocenters. The number of nitrogens with zero attached hydrogens (tertiary/aromatic N) is 1. The number of hydrogen-bond acceptors (Lipinski definition) is 2. The summed E-state index contributed by atoms with van der Waals surface area (Å²) in [4.78, 5) is 0. The Kier molecular flexibility index (Phi) is 6.24. The standard InChI is InChI=1S/C16H32N3/c1-19(2,3)14-16(9-5-13-18)10-7-15(8-11-16)6-4-12-17/h7-8,10H,4-6,9,11-14,17-18H2,1-3H3/q+1. The normalized spacial score (nSPS) is 23.5. The van der Waals surface area contributed by atoms with Gasteiger partial charge in [-0.1, -0.05) is 23.8 Å². The first-order chi connectivity index (χ1) is 8.91. The van der Waals surface area contributed by atoms with Gasteiger partial charge >= 0.3 is 0 Å². The second-order valence-electron chi connectivity index (χ2n) is 6.91. The van der Waals surface area contributed by atoms with Crippen LogP contribution >= 0.6 is 0 Å². The number of allylic oxidation sites excluding steroid dienone is 3. The summed E-state index contributed by atoms with van der Waals surface area (Å²) >= 11 is 0. The molecule has 0 spiro atoms. The smallest absolute Gasteiger partial charge is 0.0875 e. The van der Waals surface area contributed by atoms with E-state index in [-0.39, 0.29) is 0 Å². The van der Waals surface area contributed by atoms with Crippen LogP contribution in [0.2, 0.25) is 0 Å². The van der Waals surface area contributed by atoms with Crippen LogP contribution in [0.4, 0.5) is 0 Å². The van der Waals surface area contributed by atoms with Crippen molar-refractivity contribution >= 4 is 0 Å². The van der Waals surface area contributed by atoms with Crippen LogP contribution in [0.5, 0.6) is 0 Å². The van der Waals surface area contributed by atoms with Gasteiger partial charge in [0.15, 0.2) is 0 Å². The van der Waals surface area contributed by atoms with Gasteiger partial charge in [0, 0.05) is 5.41 Å². The minimum Gasteiger partial charge on any atom is -0.330 e. The SMILES string of the molecule is C[N+](C)(C)CC1(CCCN)C=CC(CCCN)=CC1. The molecule has 0 aromatic rings. The first-order valence-electron chi connectivity index (χ1n) is 7.50. The summed E-state index contributed by atoms with van der Waals surface area (Å²) in [6.07, 6.45) is 12.8. The maximum absolute atomic E-state index is 5.70. The summed E-state index contributed by atoms with van der Waals surface area (Å²) in [5.41, 5.74) is 13.0. The Morgan fingerprint density at radius 2 is 1.84 bits per heavy atom. The zero-order valence-electron chi connectivity index (χ0n) is 13.0. The van der Waals surface area contributed by atoms with E-state index in [1.165, 1.54) is 18.5 Å². The van der Waals surface area contributed by atoms with Crippen molar-refractivity contribution in [1.29, 1.82) is 0 Å². The van der Waals surface area contributed by atoms with E-state index in [9.17, 15) is 0 Å². The van der Waals surface area contributed by atoms with Gasteiger partial charge in [0.05, 0.1) is 27.7 Å². The monoisotopic (exact) mass is 266 g/mol. The van der Waals surface area contributed by atoms with Crippen LogP contribution in [-0.4, -0.2) is 45.3 Å². The zero-order chi connectivity index (χ0) is 14.4. The predicted octanol–water partition coefficient (Wildman–Crippen LogP) is 2.04. The Morgan fingerprint density at radius 3 is 2.32 bits per heavy atom. The third-order valence-corrected chi connectivity index (χ3v) is 3.76. The van der Waals surface area contributed by atoms with Gasteiger partial charge in [-0.05, 0) is 45.2 Å². The molecule has 4 N–H and O–H groups in total. The average Bonchev–Trinajstić information content (AvgIpc) is 2.34. The predicted molar refractivity (Wildman–Crippen MR) is 83.7 cm³/mol. The molecular weight excluding hydrogens is 234 g/mol. The van der Waals surface area contributed by atoms with Gasteiger partial charge in [0.25, 0.3) is 0 Å². The first kappa shape index (κ1) is 16.4. The molecule has 3 nitrogen and oxygen atoms in total. The highest BCUT2D eigenvalue weighted by atomic mass is 15.3. The summed E-state index contributed by atoms with van der Waals surface area (Å²) in [7, 11) is 6.81. The molecule has 0 fully saturated rings. The fraction of sp³-hybridized carbons (Fsp3) is 0.750. The molecule has 0 saturated carbocycles. The van der Waals surface area contributed by atoms with Crippen molar-refractivity contribution in [3.05, 3.63) is 23.8 Å². The average molecular weight is 266 g/mol. The van der Waals surface area contributed by atoms with Crippen LogP contribution in [0.1, 0.15) is 32.1 Å². The highest BCUT2D eigenvalue weighted by Gasteiger charge is 2.33. The summed E-state index contributed by atoms with van der Waals surface area (Å²) in [5.74, 6) is 0. The minimum absolute atomic E-state index is 0.295. The number of nitrogens with two attached hydrogens (primary N) is 2. The maximum Gasteiger partial charge on any atom is 0.0875 e. The quantitative estimate of drug-likeness (QED) is 0.661. The van der Waals surface area contributed by atoms with E-state index in [0.717, 1.165) is 43.3 Å². The zero-order valence-corrected chi connectivity index (χ0v) is 13.0. The maximum atomic E-state index is 5.70. The molecule has 0 aliphatic heterocycles. The first-order valence-corrected chi connectivity index (χ1v) is 7.50. The molecule has 0 aromatic heterocycles. The van der Waals surface area contributed by atoms with E-state index in [2.05, 4.69) is 39.4 Å². The van der Waals surface area contributed by atoms with Gasteiger partial charge in [0.1, 0.15) is 0 Å². The van der Waals surface area contributed by atoms with Crippen molar-refractivity contribution in [3.8, 4) is 0 Å². The fourth-order valence-corrected chi connectivity index (χ4v) is 3.03. The van der Waals surface area contributed by atoms with Gasteiger partial charge in [-0.25, -0.2) is 0 Å². The lowest BCUT2D eigenvalue weighted by Gasteiger charge is -2.38. The molecule has 0 heterocycles. The van der Waals surface area contributed by atoms with Crippen molar-refractivity contribution in [3.63, 3.8) is 0 Å². The van der Waals surface area contributed by atoms with Crippen LogP contribution in [0.3, 0.4) is 0 Å². The van der Waals surface area contributed by atoms with E-state index in [1.54, 1.807) is 0 Å². The molecule has 0 radical (unpaired) electrons. The third kappa shape index (κ3) is 5.89. The Bertz CT molecular complexity index is 325. The van der Waals surface area contributed by atoms with Crippen molar-refractivity contribution in [2.45, 2.75) is 32.1 Å². The largest absolute Gasteiger partial charge is 0.330 e. The summed E-state index contributed by atoms with van der Waals surface area (Å²) in [6, 6.07) is 0. The highest BCUT2D eigenvalue weighted by molar-refractivity contribution is 5.26. The second-order valence-corrected chi connectivity index (χ2v) is 6.91. The van der Waals surface area contributed by atoms with Crippen LogP contribution in [-0.2, 0) is 0 Å². The molecule has 0 saturated heterocycles. The van der Waals surface area contributed by atoms with Crippen molar-refractivity contribution < 1.29 is 4.48 Å². The second kappa shape index (κ2) is 7.22. The molecule has 1 aliphatic rings. The molecule has 0 bridgehead atoms. The number of rotatable bonds is 8. The van der Waals surface area contributed by atoms with Crippen LogP contribution in [0.15, 0.2) is 23.8 Å². The molecule has 0 aromatic carbocycles. The van der Waals surface area contributed by atoms with E-state index in [0.29, 0.717) is 5.41 Å². The van der Waals surface area contributed by atoms with Gasteiger partial charge in [-0.3, -0.25) is 0 Å². The van der Waals surface area contributed by atoms with E-state index < -0.39 is 0 Å². The molecular formula is C16H32N3+. The lowest BCUT2D eigenvalue weighted by atomic mass is 9.75. The lowest BCUT2D eigenvalue weighted by molar-refractivity contribution is -0.876. The van der Waals surface area contributed by atoms with Gasteiger partial charge in [-0.15, -0.1) is 0 Å². The molecule has 1 rings (SSSR count). The fourth-order valence-electron chi connectivity index (χ4n) is 3.03. The van der Waals surface area contributed by atoms with Crippen molar-refractivity contribution in [1.82, 2.24) is 0 Å². The van der Waals surface area contributed by atoms with Gasteiger partial charge in [0.2, 0.25) is 0 Å². The Balaban J connectivity index is 2.69. The summed E-state index contributed by atoms with van der Waals surface area (Å²) in [6.45, 7) is 2.74. The van der Waals surface area contributed by atoms with Crippen molar-refractivity contribution in [2.75, 3.05) is 40.8 Å². The Hall–Kier alpha value is -0.640. The number of quaternary nitrogens is 1. The lowest BCUT2D eigenvalue weighted by Crippen LogP contribution is -2.45. The van der Waals surface area contributed by atoms with E-state index >= 15 is 0 Å². The molecule has 19 heavy (non-hydrogen) atoms. The van der Waals surface area contributed by atoms with E-state index in [4.69, 9.17) is 11.5 Å². The van der Waals surface area contributed by atoms with Crippen LogP contribution in [0, 0.1) is 5.41 Å².